The van der Waals surface area contributed by atoms with Crippen molar-refractivity contribution < 1.29 is 4.79 Å². The normalized spacial score (nSPS) is 19.8. The molecule has 1 fully saturated rings. The Labute approximate surface area is 165 Å². The number of nitrogens with zero attached hydrogens (tertiary/aromatic N) is 2. The third-order valence-corrected chi connectivity index (χ3v) is 4.96. The fourth-order valence-corrected chi connectivity index (χ4v) is 3.66. The number of nitrogens with one attached hydrogen (secondary N) is 2. The molecule has 0 aliphatic carbocycles. The maximum Gasteiger partial charge on any atom is 0.240 e. The molecule has 2 atom stereocenters. The number of carbonyl (C=O) groups excluding carboxylic acids is 1. The SMILES string of the molecule is CSCc1nc2ccccc2n1CC(=O)NC1CCCNC1C.Cl.Cl. The highest BCUT2D eigenvalue weighted by Gasteiger charge is 2.23. The van der Waals surface area contributed by atoms with E-state index in [9.17, 15) is 4.79 Å². The Morgan fingerprint density at radius 1 is 1.40 bits per heavy atom. The van der Waals surface area contributed by atoms with Crippen LogP contribution in [0.25, 0.3) is 11.0 Å². The van der Waals surface area contributed by atoms with Gasteiger partial charge in [-0.25, -0.2) is 4.98 Å². The Balaban J connectivity index is 0.00000156. The number of halogens is 2. The molecule has 2 aromatic rings. The molecule has 140 valence electrons. The smallest absolute Gasteiger partial charge is 0.240 e. The molecule has 25 heavy (non-hydrogen) atoms. The fourth-order valence-electron chi connectivity index (χ4n) is 3.18. The molecule has 1 aromatic carbocycles. The van der Waals surface area contributed by atoms with E-state index in [-0.39, 0.29) is 36.8 Å². The topological polar surface area (TPSA) is 59.0 Å². The highest BCUT2D eigenvalue weighted by atomic mass is 35.5. The number of amides is 1. The lowest BCUT2D eigenvalue weighted by Gasteiger charge is -2.30. The Morgan fingerprint density at radius 3 is 2.88 bits per heavy atom. The van der Waals surface area contributed by atoms with Gasteiger partial charge in [-0.1, -0.05) is 12.1 Å². The minimum Gasteiger partial charge on any atom is -0.350 e. The van der Waals surface area contributed by atoms with Gasteiger partial charge in [0, 0.05) is 12.1 Å². The first-order valence-corrected chi connectivity index (χ1v) is 9.54. The van der Waals surface area contributed by atoms with E-state index in [0.717, 1.165) is 42.0 Å². The maximum atomic E-state index is 12.5. The number of carbonyl (C=O) groups is 1. The molecule has 3 rings (SSSR count). The maximum absolute atomic E-state index is 12.5. The summed E-state index contributed by atoms with van der Waals surface area (Å²) >= 11 is 1.72. The summed E-state index contributed by atoms with van der Waals surface area (Å²) in [4.78, 5) is 17.2. The molecule has 0 spiro atoms. The van der Waals surface area contributed by atoms with Crippen LogP contribution in [0.3, 0.4) is 0 Å². The summed E-state index contributed by atoms with van der Waals surface area (Å²) in [6.45, 7) is 3.51. The van der Waals surface area contributed by atoms with Crippen LogP contribution in [0.15, 0.2) is 24.3 Å². The van der Waals surface area contributed by atoms with Crippen LogP contribution < -0.4 is 10.6 Å². The van der Waals surface area contributed by atoms with E-state index >= 15 is 0 Å². The standard InChI is InChI=1S/C17H24N4OS.2ClH/c1-12-13(7-5-9-18-12)20-17(22)10-21-15-8-4-3-6-14(15)19-16(21)11-23-2;;/h3-4,6,8,12-13,18H,5,7,9-11H2,1-2H3,(H,20,22);2*1H. The lowest BCUT2D eigenvalue weighted by molar-refractivity contribution is -0.122. The van der Waals surface area contributed by atoms with E-state index in [1.807, 2.05) is 28.8 Å². The van der Waals surface area contributed by atoms with Crippen LogP contribution in [0.5, 0.6) is 0 Å². The first kappa shape index (κ1) is 22.1. The molecule has 0 radical (unpaired) electrons. The second kappa shape index (κ2) is 10.3. The number of fused-ring (bicyclic) bond motifs is 1. The minimum atomic E-state index is 0. The predicted octanol–water partition coefficient (Wildman–Crippen LogP) is 3.00. The molecule has 1 aliphatic rings. The van der Waals surface area contributed by atoms with Gasteiger partial charge in [0.05, 0.1) is 16.8 Å². The average molecular weight is 405 g/mol. The molecule has 2 N–H and O–H groups in total. The van der Waals surface area contributed by atoms with Crippen molar-refractivity contribution in [3.05, 3.63) is 30.1 Å². The van der Waals surface area contributed by atoms with Gasteiger partial charge in [0.2, 0.25) is 5.91 Å². The monoisotopic (exact) mass is 404 g/mol. The molecule has 1 saturated heterocycles. The third kappa shape index (κ3) is 5.26. The number of hydrogen-bond acceptors (Lipinski definition) is 4. The average Bonchev–Trinajstić information content (AvgIpc) is 2.88. The zero-order valence-corrected chi connectivity index (χ0v) is 17.0. The van der Waals surface area contributed by atoms with Crippen LogP contribution in [0, 0.1) is 0 Å². The summed E-state index contributed by atoms with van der Waals surface area (Å²) in [5.74, 6) is 1.84. The van der Waals surface area contributed by atoms with Crippen LogP contribution in [0.2, 0.25) is 0 Å². The van der Waals surface area contributed by atoms with Crippen LogP contribution in [0.4, 0.5) is 0 Å². The first-order valence-electron chi connectivity index (χ1n) is 8.15. The number of piperidine rings is 1. The predicted molar refractivity (Wildman–Crippen MR) is 110 cm³/mol. The van der Waals surface area contributed by atoms with E-state index < -0.39 is 0 Å². The number of benzene rings is 1. The van der Waals surface area contributed by atoms with Crippen molar-refractivity contribution in [2.24, 2.45) is 0 Å². The second-order valence-corrected chi connectivity index (χ2v) is 6.96. The summed E-state index contributed by atoms with van der Waals surface area (Å²) in [5, 5.41) is 6.60. The number of aromatic nitrogens is 2. The molecular weight excluding hydrogens is 379 g/mol. The van der Waals surface area contributed by atoms with Crippen molar-refractivity contribution in [1.82, 2.24) is 20.2 Å². The summed E-state index contributed by atoms with van der Waals surface area (Å²) in [6, 6.07) is 8.56. The number of rotatable bonds is 5. The molecule has 2 heterocycles. The molecule has 2 unspecified atom stereocenters. The van der Waals surface area contributed by atoms with Crippen LogP contribution in [-0.2, 0) is 17.1 Å². The molecule has 1 aromatic heterocycles. The lowest BCUT2D eigenvalue weighted by Crippen LogP contribution is -2.52. The van der Waals surface area contributed by atoms with E-state index in [0.29, 0.717) is 12.6 Å². The fraction of sp³-hybridized carbons (Fsp3) is 0.529. The molecule has 0 saturated carbocycles. The van der Waals surface area contributed by atoms with Gasteiger partial charge in [-0.05, 0) is 44.7 Å². The summed E-state index contributed by atoms with van der Waals surface area (Å²) in [6.07, 6.45) is 4.21. The minimum absolute atomic E-state index is 0. The summed E-state index contributed by atoms with van der Waals surface area (Å²) in [5.41, 5.74) is 1.98. The molecular formula is C17H26Cl2N4OS. The van der Waals surface area contributed by atoms with Crippen molar-refractivity contribution in [2.45, 2.75) is 44.1 Å². The van der Waals surface area contributed by atoms with Crippen molar-refractivity contribution >= 4 is 53.5 Å². The molecule has 0 bridgehead atoms. The summed E-state index contributed by atoms with van der Waals surface area (Å²) < 4.78 is 2.04. The van der Waals surface area contributed by atoms with E-state index in [4.69, 9.17) is 0 Å². The number of para-hydroxylation sites is 2. The van der Waals surface area contributed by atoms with E-state index in [2.05, 4.69) is 28.8 Å². The molecule has 8 heteroatoms. The van der Waals surface area contributed by atoms with Crippen molar-refractivity contribution in [2.75, 3.05) is 12.8 Å². The highest BCUT2D eigenvalue weighted by Crippen LogP contribution is 2.19. The van der Waals surface area contributed by atoms with Gasteiger partial charge < -0.3 is 15.2 Å². The van der Waals surface area contributed by atoms with Gasteiger partial charge in [0.15, 0.2) is 0 Å². The number of thioether (sulfide) groups is 1. The summed E-state index contributed by atoms with van der Waals surface area (Å²) in [7, 11) is 0. The van der Waals surface area contributed by atoms with Gasteiger partial charge in [-0.15, -0.1) is 24.8 Å². The van der Waals surface area contributed by atoms with Crippen LogP contribution >= 0.6 is 36.6 Å². The second-order valence-electron chi connectivity index (χ2n) is 6.09. The quantitative estimate of drug-likeness (QED) is 0.803. The number of hydrogen-bond donors (Lipinski definition) is 2. The van der Waals surface area contributed by atoms with E-state index in [1.54, 1.807) is 11.8 Å². The largest absolute Gasteiger partial charge is 0.350 e. The third-order valence-electron chi connectivity index (χ3n) is 4.42. The van der Waals surface area contributed by atoms with E-state index in [1.165, 1.54) is 0 Å². The van der Waals surface area contributed by atoms with Crippen LogP contribution in [0.1, 0.15) is 25.6 Å². The van der Waals surface area contributed by atoms with Crippen LogP contribution in [-0.4, -0.2) is 40.3 Å². The van der Waals surface area contributed by atoms with Crippen molar-refractivity contribution in [3.8, 4) is 0 Å². The molecule has 1 amide bonds. The molecule has 1 aliphatic heterocycles. The lowest BCUT2D eigenvalue weighted by atomic mass is 10.00. The Morgan fingerprint density at radius 2 is 2.16 bits per heavy atom. The zero-order chi connectivity index (χ0) is 16.2. The Kier molecular flexibility index (Phi) is 9.07. The van der Waals surface area contributed by atoms with Gasteiger partial charge in [-0.3, -0.25) is 4.79 Å². The highest BCUT2D eigenvalue weighted by molar-refractivity contribution is 7.97. The van der Waals surface area contributed by atoms with Gasteiger partial charge in [0.1, 0.15) is 12.4 Å². The zero-order valence-electron chi connectivity index (χ0n) is 14.5. The van der Waals surface area contributed by atoms with Crippen molar-refractivity contribution in [1.29, 1.82) is 0 Å². The number of imidazole rings is 1. The van der Waals surface area contributed by atoms with Gasteiger partial charge >= 0.3 is 0 Å². The Bertz CT molecular complexity index is 694. The van der Waals surface area contributed by atoms with Gasteiger partial charge in [0.25, 0.3) is 0 Å². The first-order chi connectivity index (χ1) is 11.2. The van der Waals surface area contributed by atoms with Crippen molar-refractivity contribution in [3.63, 3.8) is 0 Å². The molecule has 5 nitrogen and oxygen atoms in total. The van der Waals surface area contributed by atoms with Gasteiger partial charge in [-0.2, -0.15) is 11.8 Å². The Hall–Kier alpha value is -0.950.